The highest BCUT2D eigenvalue weighted by atomic mass is 35.5. The number of hydrogen-bond donors (Lipinski definition) is 3. The number of rotatable bonds is 3. The highest BCUT2D eigenvalue weighted by molar-refractivity contribution is 6.30. The molecule has 0 aliphatic carbocycles. The van der Waals surface area contributed by atoms with Gasteiger partial charge in [-0.15, -0.1) is 0 Å². The van der Waals surface area contributed by atoms with E-state index in [1.54, 1.807) is 0 Å². The van der Waals surface area contributed by atoms with Crippen molar-refractivity contribution in [2.24, 2.45) is 21.6 Å². The van der Waals surface area contributed by atoms with E-state index in [2.05, 4.69) is 20.3 Å². The van der Waals surface area contributed by atoms with Gasteiger partial charge < -0.3 is 10.6 Å². The van der Waals surface area contributed by atoms with Gasteiger partial charge >= 0.3 is 0 Å². The van der Waals surface area contributed by atoms with Gasteiger partial charge in [0.05, 0.1) is 0 Å². The van der Waals surface area contributed by atoms with Crippen LogP contribution in [-0.4, -0.2) is 36.5 Å². The fourth-order valence-electron chi connectivity index (χ4n) is 2.39. The number of piperidine rings is 1. The van der Waals surface area contributed by atoms with E-state index in [9.17, 15) is 0 Å². The van der Waals surface area contributed by atoms with Crippen LogP contribution in [-0.2, 0) is 6.42 Å². The largest absolute Gasteiger partial charge is 0.368 e. The van der Waals surface area contributed by atoms with E-state index in [4.69, 9.17) is 23.2 Å². The fraction of sp³-hybridized carbons (Fsp3) is 0.467. The van der Waals surface area contributed by atoms with Crippen molar-refractivity contribution in [2.75, 3.05) is 19.6 Å². The average Bonchev–Trinajstić information content (AvgIpc) is 2.55. The molecule has 1 aliphatic rings. The van der Waals surface area contributed by atoms with E-state index in [-0.39, 0.29) is 5.96 Å². The molecule has 1 aromatic rings. The maximum Gasteiger partial charge on any atom is 0.218 e. The third-order valence-electron chi connectivity index (χ3n) is 3.59. The molecule has 0 radical (unpaired) electrons. The smallest absolute Gasteiger partial charge is 0.218 e. The van der Waals surface area contributed by atoms with Crippen molar-refractivity contribution in [2.45, 2.75) is 25.7 Å². The van der Waals surface area contributed by atoms with Crippen molar-refractivity contribution < 1.29 is 0 Å². The quantitative estimate of drug-likeness (QED) is 0.340. The van der Waals surface area contributed by atoms with Crippen LogP contribution in [0.1, 0.15) is 24.8 Å². The number of nitrogens with zero attached hydrogens (tertiary/aromatic N) is 3. The zero-order chi connectivity index (χ0) is 15.8. The van der Waals surface area contributed by atoms with Crippen LogP contribution < -0.4 is 17.0 Å². The number of benzene rings is 1. The Kier molecular flexibility index (Phi) is 6.48. The molecule has 0 bridgehead atoms. The number of aliphatic imine (C=N–C) groups is 2. The summed E-state index contributed by atoms with van der Waals surface area (Å²) in [5.74, 6) is 6.37. The number of guanidine groups is 2. The lowest BCUT2D eigenvalue weighted by atomic mass is 10.1. The normalized spacial score (nSPS) is 16.7. The third kappa shape index (κ3) is 5.20. The minimum atomic E-state index is 0.243. The highest BCUT2D eigenvalue weighted by Gasteiger charge is 2.14. The Balaban J connectivity index is 1.89. The van der Waals surface area contributed by atoms with Crippen LogP contribution in [0.5, 0.6) is 0 Å². The van der Waals surface area contributed by atoms with Gasteiger partial charge in [-0.05, 0) is 43.4 Å². The molecule has 5 N–H and O–H groups in total. The molecule has 0 spiro atoms. The number of halogens is 1. The Labute approximate surface area is 136 Å². The van der Waals surface area contributed by atoms with Crippen LogP contribution in [0.2, 0.25) is 5.02 Å². The average molecular weight is 323 g/mol. The second kappa shape index (κ2) is 8.60. The standard InChI is InChI=1S/C15H23ClN6/c16-13-6-4-12(5-7-13)8-9-19-14(17)20-15(21-18)22-10-2-1-3-11-22/h4-7H,1-3,8-11,18H2,(H3,17,19,20,21). The second-order valence-electron chi connectivity index (χ2n) is 5.24. The molecule has 0 unspecified atom stereocenters. The molecule has 0 atom stereocenters. The summed E-state index contributed by atoms with van der Waals surface area (Å²) in [6.07, 6.45) is 4.34. The lowest BCUT2D eigenvalue weighted by molar-refractivity contribution is 0.333. The molecule has 0 amide bonds. The van der Waals surface area contributed by atoms with Crippen molar-refractivity contribution in [1.82, 2.24) is 10.3 Å². The van der Waals surface area contributed by atoms with Gasteiger partial charge in [0.15, 0.2) is 0 Å². The second-order valence-corrected chi connectivity index (χ2v) is 5.68. The maximum atomic E-state index is 5.86. The summed E-state index contributed by atoms with van der Waals surface area (Å²) in [7, 11) is 0. The first-order valence-corrected chi connectivity index (χ1v) is 7.91. The Bertz CT molecular complexity index is 519. The molecule has 1 aromatic carbocycles. The minimum Gasteiger partial charge on any atom is -0.368 e. The molecule has 1 fully saturated rings. The Hall–Kier alpha value is -1.79. The molecule has 1 saturated heterocycles. The van der Waals surface area contributed by atoms with E-state index < -0.39 is 0 Å². The summed E-state index contributed by atoms with van der Waals surface area (Å²) in [6, 6.07) is 7.71. The number of hydrogen-bond acceptors (Lipinski definition) is 2. The van der Waals surface area contributed by atoms with Crippen LogP contribution in [0.3, 0.4) is 0 Å². The number of hydrazine groups is 1. The molecule has 120 valence electrons. The van der Waals surface area contributed by atoms with Crippen LogP contribution in [0, 0.1) is 0 Å². The summed E-state index contributed by atoms with van der Waals surface area (Å²) >= 11 is 5.85. The van der Waals surface area contributed by atoms with Crippen LogP contribution in [0.15, 0.2) is 34.3 Å². The minimum absolute atomic E-state index is 0.243. The topological polar surface area (TPSA) is 92.0 Å². The summed E-state index contributed by atoms with van der Waals surface area (Å²) in [5, 5.41) is 0.733. The van der Waals surface area contributed by atoms with Gasteiger partial charge in [0.1, 0.15) is 0 Å². The third-order valence-corrected chi connectivity index (χ3v) is 3.84. The molecular weight excluding hydrogens is 300 g/mol. The van der Waals surface area contributed by atoms with E-state index in [0.717, 1.165) is 42.9 Å². The van der Waals surface area contributed by atoms with Gasteiger partial charge in [0.2, 0.25) is 11.9 Å². The first-order valence-electron chi connectivity index (χ1n) is 7.53. The van der Waals surface area contributed by atoms with Crippen molar-refractivity contribution in [3.63, 3.8) is 0 Å². The van der Waals surface area contributed by atoms with Crippen molar-refractivity contribution in [3.8, 4) is 0 Å². The SMILES string of the molecule is NNC(=NC(N)=NCCc1ccc(Cl)cc1)N1CCCCC1. The summed E-state index contributed by atoms with van der Waals surface area (Å²) in [6.45, 7) is 2.47. The number of nitrogens with two attached hydrogens (primary N) is 2. The highest BCUT2D eigenvalue weighted by Crippen LogP contribution is 2.10. The van der Waals surface area contributed by atoms with E-state index in [0.29, 0.717) is 12.5 Å². The molecule has 2 rings (SSSR count). The van der Waals surface area contributed by atoms with Crippen LogP contribution in [0.25, 0.3) is 0 Å². The van der Waals surface area contributed by atoms with E-state index in [1.807, 2.05) is 24.3 Å². The van der Waals surface area contributed by atoms with Gasteiger partial charge in [-0.25, -0.2) is 5.84 Å². The first-order chi connectivity index (χ1) is 10.7. The lowest BCUT2D eigenvalue weighted by Gasteiger charge is -2.28. The number of likely N-dealkylation sites (tertiary alicyclic amines) is 1. The molecule has 1 aliphatic heterocycles. The zero-order valence-corrected chi connectivity index (χ0v) is 13.4. The summed E-state index contributed by atoms with van der Waals surface area (Å²) in [5.41, 5.74) is 9.65. The monoisotopic (exact) mass is 322 g/mol. The van der Waals surface area contributed by atoms with Gasteiger partial charge in [-0.1, -0.05) is 23.7 Å². The van der Waals surface area contributed by atoms with Crippen molar-refractivity contribution in [1.29, 1.82) is 0 Å². The van der Waals surface area contributed by atoms with Crippen LogP contribution >= 0.6 is 11.6 Å². The number of nitrogens with one attached hydrogen (secondary N) is 1. The Morgan fingerprint density at radius 2 is 1.86 bits per heavy atom. The van der Waals surface area contributed by atoms with Gasteiger partial charge in [0, 0.05) is 24.7 Å². The fourth-order valence-corrected chi connectivity index (χ4v) is 2.52. The molecule has 1 heterocycles. The van der Waals surface area contributed by atoms with E-state index >= 15 is 0 Å². The molecule has 22 heavy (non-hydrogen) atoms. The Morgan fingerprint density at radius 1 is 1.18 bits per heavy atom. The predicted molar refractivity (Wildman–Crippen MR) is 91.8 cm³/mol. The maximum absolute atomic E-state index is 5.86. The van der Waals surface area contributed by atoms with Gasteiger partial charge in [-0.2, -0.15) is 4.99 Å². The zero-order valence-electron chi connectivity index (χ0n) is 12.6. The van der Waals surface area contributed by atoms with E-state index in [1.165, 1.54) is 6.42 Å². The van der Waals surface area contributed by atoms with Crippen LogP contribution in [0.4, 0.5) is 0 Å². The summed E-state index contributed by atoms with van der Waals surface area (Å²) < 4.78 is 0. The van der Waals surface area contributed by atoms with Gasteiger partial charge in [0.25, 0.3) is 0 Å². The van der Waals surface area contributed by atoms with Crippen molar-refractivity contribution in [3.05, 3.63) is 34.9 Å². The van der Waals surface area contributed by atoms with Gasteiger partial charge in [-0.3, -0.25) is 10.4 Å². The Morgan fingerprint density at radius 3 is 2.50 bits per heavy atom. The molecule has 0 saturated carbocycles. The molecular formula is C15H23ClN6. The molecule has 6 nitrogen and oxygen atoms in total. The molecule has 0 aromatic heterocycles. The summed E-state index contributed by atoms with van der Waals surface area (Å²) in [4.78, 5) is 10.7. The van der Waals surface area contributed by atoms with Crippen molar-refractivity contribution >= 4 is 23.5 Å². The lowest BCUT2D eigenvalue weighted by Crippen LogP contribution is -2.47. The molecule has 7 heteroatoms. The first kappa shape index (κ1) is 16.6. The predicted octanol–water partition coefficient (Wildman–Crippen LogP) is 1.50.